The predicted molar refractivity (Wildman–Crippen MR) is 104 cm³/mol. The molecule has 0 aliphatic carbocycles. The third-order valence-corrected chi connectivity index (χ3v) is 7.40. The Morgan fingerprint density at radius 3 is 2.41 bits per heavy atom. The molecule has 1 heterocycles. The summed E-state index contributed by atoms with van der Waals surface area (Å²) in [6, 6.07) is 6.46. The first-order valence-electron chi connectivity index (χ1n) is 9.48. The Bertz CT molecular complexity index is 697. The van der Waals surface area contributed by atoms with Gasteiger partial charge in [0, 0.05) is 38.7 Å². The Hall–Kier alpha value is -1.64. The fourth-order valence-electron chi connectivity index (χ4n) is 3.08. The second-order valence-corrected chi connectivity index (χ2v) is 9.00. The van der Waals surface area contributed by atoms with E-state index < -0.39 is 20.5 Å². The van der Waals surface area contributed by atoms with Crippen LogP contribution >= 0.6 is 0 Å². The van der Waals surface area contributed by atoms with Crippen LogP contribution in [0.3, 0.4) is 0 Å². The normalized spacial score (nSPS) is 16.8. The molecule has 27 heavy (non-hydrogen) atoms. The highest BCUT2D eigenvalue weighted by molar-refractivity contribution is 7.93. The number of sulfone groups is 1. The number of carbonyl (C=O) groups is 1. The highest BCUT2D eigenvalue weighted by atomic mass is 32.2. The van der Waals surface area contributed by atoms with Crippen LogP contribution in [0.5, 0.6) is 0 Å². The van der Waals surface area contributed by atoms with Crippen LogP contribution in [-0.2, 0) is 24.1 Å². The van der Waals surface area contributed by atoms with Crippen molar-refractivity contribution in [3.8, 4) is 0 Å². The van der Waals surface area contributed by atoms with E-state index in [4.69, 9.17) is 15.2 Å². The van der Waals surface area contributed by atoms with Crippen molar-refractivity contribution < 1.29 is 22.7 Å². The maximum absolute atomic E-state index is 13.1. The lowest BCUT2D eigenvalue weighted by atomic mass is 9.98. The lowest BCUT2D eigenvalue weighted by molar-refractivity contribution is -0.122. The molecule has 0 unspecified atom stereocenters. The molecule has 2 rings (SSSR count). The average Bonchev–Trinajstić information content (AvgIpc) is 2.68. The van der Waals surface area contributed by atoms with Gasteiger partial charge in [-0.25, -0.2) is 8.42 Å². The lowest BCUT2D eigenvalue weighted by Crippen LogP contribution is -2.53. The zero-order chi connectivity index (χ0) is 19.8. The zero-order valence-electron chi connectivity index (χ0n) is 15.9. The van der Waals surface area contributed by atoms with Crippen molar-refractivity contribution in [3.63, 3.8) is 0 Å². The van der Waals surface area contributed by atoms with Gasteiger partial charge < -0.3 is 20.5 Å². The van der Waals surface area contributed by atoms with Crippen LogP contribution in [0.1, 0.15) is 39.0 Å². The molecule has 1 fully saturated rings. The van der Waals surface area contributed by atoms with Crippen LogP contribution < -0.4 is 11.1 Å². The molecule has 3 N–H and O–H groups in total. The second kappa shape index (κ2) is 10.1. The molecule has 0 saturated carbocycles. The summed E-state index contributed by atoms with van der Waals surface area (Å²) in [6.07, 6.45) is 3.24. The van der Waals surface area contributed by atoms with Crippen molar-refractivity contribution >= 4 is 21.4 Å². The van der Waals surface area contributed by atoms with Crippen LogP contribution in [0, 0.1) is 0 Å². The molecule has 0 spiro atoms. The fraction of sp³-hybridized carbons (Fsp3) is 0.632. The van der Waals surface area contributed by atoms with E-state index in [1.807, 2.05) is 0 Å². The minimum absolute atomic E-state index is 0.0860. The molecule has 1 aromatic rings. The van der Waals surface area contributed by atoms with Gasteiger partial charge in [-0.1, -0.05) is 13.3 Å². The summed E-state index contributed by atoms with van der Waals surface area (Å²) in [5.74, 6) is -0.809. The standard InChI is InChI=1S/C19H30N2O5S/c1-2-3-12-25-13-4-11-21-16-5-7-17(8-6-16)27(23,24)19(18(20)22)9-14-26-15-10-19/h5-8,21H,2-4,9-15H2,1H3,(H2,20,22). The molecule has 0 aromatic heterocycles. The van der Waals surface area contributed by atoms with E-state index in [1.165, 1.54) is 12.1 Å². The van der Waals surface area contributed by atoms with Gasteiger partial charge in [-0.15, -0.1) is 0 Å². The van der Waals surface area contributed by atoms with Gasteiger partial charge >= 0.3 is 0 Å². The molecule has 1 aliphatic rings. The minimum atomic E-state index is -3.88. The Morgan fingerprint density at radius 1 is 1.19 bits per heavy atom. The largest absolute Gasteiger partial charge is 0.385 e. The van der Waals surface area contributed by atoms with Gasteiger partial charge in [0.2, 0.25) is 5.91 Å². The number of ether oxygens (including phenoxy) is 2. The summed E-state index contributed by atoms with van der Waals surface area (Å²) in [4.78, 5) is 12.1. The van der Waals surface area contributed by atoms with E-state index in [0.717, 1.165) is 38.1 Å². The summed E-state index contributed by atoms with van der Waals surface area (Å²) in [7, 11) is -3.88. The van der Waals surface area contributed by atoms with E-state index in [1.54, 1.807) is 12.1 Å². The summed E-state index contributed by atoms with van der Waals surface area (Å²) in [6.45, 7) is 4.77. The molecule has 1 saturated heterocycles. The molecule has 0 bridgehead atoms. The first kappa shape index (κ1) is 21.7. The van der Waals surface area contributed by atoms with Crippen LogP contribution in [0.25, 0.3) is 0 Å². The number of amides is 1. The van der Waals surface area contributed by atoms with E-state index in [2.05, 4.69) is 12.2 Å². The molecule has 152 valence electrons. The summed E-state index contributed by atoms with van der Waals surface area (Å²) < 4.78 is 35.2. The Labute approximate surface area is 161 Å². The van der Waals surface area contributed by atoms with Gasteiger partial charge in [-0.3, -0.25) is 4.79 Å². The molecule has 8 heteroatoms. The monoisotopic (exact) mass is 398 g/mol. The van der Waals surface area contributed by atoms with E-state index >= 15 is 0 Å². The summed E-state index contributed by atoms with van der Waals surface area (Å²) >= 11 is 0. The van der Waals surface area contributed by atoms with Crippen LogP contribution in [0.4, 0.5) is 5.69 Å². The Morgan fingerprint density at radius 2 is 1.81 bits per heavy atom. The van der Waals surface area contributed by atoms with Crippen molar-refractivity contribution in [2.45, 2.75) is 48.7 Å². The number of unbranched alkanes of at least 4 members (excludes halogenated alkanes) is 1. The number of anilines is 1. The Balaban J connectivity index is 1.96. The number of nitrogens with two attached hydrogens (primary N) is 1. The van der Waals surface area contributed by atoms with Gasteiger partial charge in [-0.05, 0) is 49.9 Å². The number of nitrogens with one attached hydrogen (secondary N) is 1. The first-order chi connectivity index (χ1) is 12.9. The van der Waals surface area contributed by atoms with Gasteiger partial charge in [0.15, 0.2) is 14.6 Å². The molecule has 1 aliphatic heterocycles. The van der Waals surface area contributed by atoms with E-state index in [9.17, 15) is 13.2 Å². The third-order valence-electron chi connectivity index (χ3n) is 4.87. The molecule has 1 aromatic carbocycles. The van der Waals surface area contributed by atoms with Crippen molar-refractivity contribution in [1.29, 1.82) is 0 Å². The maximum atomic E-state index is 13.1. The number of benzene rings is 1. The van der Waals surface area contributed by atoms with Gasteiger partial charge in [0.05, 0.1) is 4.90 Å². The number of hydrogen-bond donors (Lipinski definition) is 2. The molecule has 0 radical (unpaired) electrons. The average molecular weight is 399 g/mol. The van der Waals surface area contributed by atoms with Gasteiger partial charge in [0.1, 0.15) is 0 Å². The number of primary amides is 1. The smallest absolute Gasteiger partial charge is 0.239 e. The number of hydrogen-bond acceptors (Lipinski definition) is 6. The summed E-state index contributed by atoms with van der Waals surface area (Å²) in [5, 5.41) is 3.24. The fourth-order valence-corrected chi connectivity index (χ4v) is 5.00. The minimum Gasteiger partial charge on any atom is -0.385 e. The van der Waals surface area contributed by atoms with Crippen LogP contribution in [0.15, 0.2) is 29.2 Å². The number of rotatable bonds is 11. The van der Waals surface area contributed by atoms with Crippen molar-refractivity contribution in [2.24, 2.45) is 5.73 Å². The topological polar surface area (TPSA) is 108 Å². The quantitative estimate of drug-likeness (QED) is 0.553. The highest BCUT2D eigenvalue weighted by Gasteiger charge is 2.50. The van der Waals surface area contributed by atoms with Crippen LogP contribution in [0.2, 0.25) is 0 Å². The zero-order valence-corrected chi connectivity index (χ0v) is 16.7. The highest BCUT2D eigenvalue weighted by Crippen LogP contribution is 2.35. The predicted octanol–water partition coefficient (Wildman–Crippen LogP) is 2.11. The van der Waals surface area contributed by atoms with Crippen molar-refractivity contribution in [1.82, 2.24) is 0 Å². The molecular weight excluding hydrogens is 368 g/mol. The molecule has 0 atom stereocenters. The molecule has 1 amide bonds. The van der Waals surface area contributed by atoms with Crippen molar-refractivity contribution in [3.05, 3.63) is 24.3 Å². The maximum Gasteiger partial charge on any atom is 0.239 e. The summed E-state index contributed by atoms with van der Waals surface area (Å²) in [5.41, 5.74) is 6.30. The van der Waals surface area contributed by atoms with Gasteiger partial charge in [-0.2, -0.15) is 0 Å². The molecular formula is C19H30N2O5S. The Kier molecular flexibility index (Phi) is 8.07. The van der Waals surface area contributed by atoms with Gasteiger partial charge in [0.25, 0.3) is 0 Å². The molecule has 7 nitrogen and oxygen atoms in total. The first-order valence-corrected chi connectivity index (χ1v) is 11.0. The lowest BCUT2D eigenvalue weighted by Gasteiger charge is -2.33. The van der Waals surface area contributed by atoms with Crippen molar-refractivity contribution in [2.75, 3.05) is 38.3 Å². The SMILES string of the molecule is CCCCOCCCNc1ccc(S(=O)(=O)C2(C(N)=O)CCOCC2)cc1. The third kappa shape index (κ3) is 5.21. The van der Waals surface area contributed by atoms with E-state index in [-0.39, 0.29) is 31.0 Å². The number of carbonyl (C=O) groups excluding carboxylic acids is 1. The van der Waals surface area contributed by atoms with E-state index in [0.29, 0.717) is 6.61 Å². The second-order valence-electron chi connectivity index (χ2n) is 6.74. The van der Waals surface area contributed by atoms with Crippen LogP contribution in [-0.4, -0.2) is 52.0 Å².